The Hall–Kier alpha value is -3.30. The van der Waals surface area contributed by atoms with Crippen LogP contribution in [0.25, 0.3) is 10.9 Å². The SMILES string of the molecule is CSCCC(NC(=O)C(N)Cc1ccccc1)C(=O)NC(Cc1c[nH]c2ccccc12)C(=O)O. The topological polar surface area (TPSA) is 137 Å². The Morgan fingerprint density at radius 2 is 1.65 bits per heavy atom. The van der Waals surface area contributed by atoms with Crippen molar-refractivity contribution < 1.29 is 19.5 Å². The lowest BCUT2D eigenvalue weighted by Crippen LogP contribution is -2.55. The zero-order valence-electron chi connectivity index (χ0n) is 19.0. The van der Waals surface area contributed by atoms with E-state index in [0.717, 1.165) is 22.0 Å². The second-order valence-electron chi connectivity index (χ2n) is 8.10. The molecule has 3 rings (SSSR count). The van der Waals surface area contributed by atoms with E-state index in [0.29, 0.717) is 18.6 Å². The molecule has 34 heavy (non-hydrogen) atoms. The number of aromatic nitrogens is 1. The number of amides is 2. The highest BCUT2D eigenvalue weighted by atomic mass is 32.2. The number of hydrogen-bond donors (Lipinski definition) is 5. The first kappa shape index (κ1) is 25.3. The van der Waals surface area contributed by atoms with Gasteiger partial charge in [-0.2, -0.15) is 11.8 Å². The normalized spacial score (nSPS) is 13.7. The number of benzene rings is 2. The summed E-state index contributed by atoms with van der Waals surface area (Å²) in [6, 6.07) is 14.1. The van der Waals surface area contributed by atoms with Gasteiger partial charge in [0, 0.05) is 23.5 Å². The van der Waals surface area contributed by atoms with E-state index < -0.39 is 35.9 Å². The summed E-state index contributed by atoms with van der Waals surface area (Å²) in [7, 11) is 0. The molecule has 1 aromatic heterocycles. The van der Waals surface area contributed by atoms with Gasteiger partial charge in [-0.25, -0.2) is 4.79 Å². The maximum absolute atomic E-state index is 13.0. The van der Waals surface area contributed by atoms with Crippen molar-refractivity contribution in [3.05, 3.63) is 71.9 Å². The first-order valence-electron chi connectivity index (χ1n) is 11.1. The van der Waals surface area contributed by atoms with Crippen molar-refractivity contribution in [2.75, 3.05) is 12.0 Å². The monoisotopic (exact) mass is 482 g/mol. The molecule has 0 saturated carbocycles. The first-order valence-corrected chi connectivity index (χ1v) is 12.5. The summed E-state index contributed by atoms with van der Waals surface area (Å²) >= 11 is 1.53. The van der Waals surface area contributed by atoms with Crippen molar-refractivity contribution in [3.8, 4) is 0 Å². The number of thioether (sulfide) groups is 1. The first-order chi connectivity index (χ1) is 16.4. The predicted octanol–water partition coefficient (Wildman–Crippen LogP) is 2.09. The van der Waals surface area contributed by atoms with Crippen LogP contribution in [0.3, 0.4) is 0 Å². The van der Waals surface area contributed by atoms with Crippen LogP contribution in [0.5, 0.6) is 0 Å². The number of carboxylic acid groups (broad SMARTS) is 1. The minimum absolute atomic E-state index is 0.113. The average molecular weight is 483 g/mol. The number of nitrogens with one attached hydrogen (secondary N) is 3. The highest BCUT2D eigenvalue weighted by molar-refractivity contribution is 7.98. The summed E-state index contributed by atoms with van der Waals surface area (Å²) < 4.78 is 0. The molecule has 2 aromatic carbocycles. The van der Waals surface area contributed by atoms with Gasteiger partial charge < -0.3 is 26.5 Å². The van der Waals surface area contributed by atoms with Crippen molar-refractivity contribution in [1.29, 1.82) is 0 Å². The van der Waals surface area contributed by atoms with E-state index in [4.69, 9.17) is 5.73 Å². The second-order valence-corrected chi connectivity index (χ2v) is 9.09. The van der Waals surface area contributed by atoms with E-state index in [-0.39, 0.29) is 6.42 Å². The van der Waals surface area contributed by atoms with Crippen LogP contribution in [-0.2, 0) is 27.2 Å². The molecule has 0 spiro atoms. The van der Waals surface area contributed by atoms with Crippen LogP contribution < -0.4 is 16.4 Å². The van der Waals surface area contributed by atoms with Crippen molar-refractivity contribution in [2.24, 2.45) is 5.73 Å². The van der Waals surface area contributed by atoms with Gasteiger partial charge in [-0.15, -0.1) is 0 Å². The molecule has 3 unspecified atom stereocenters. The predicted molar refractivity (Wildman–Crippen MR) is 135 cm³/mol. The lowest BCUT2D eigenvalue weighted by atomic mass is 10.0. The summed E-state index contributed by atoms with van der Waals surface area (Å²) in [5.74, 6) is -1.52. The number of para-hydroxylation sites is 1. The van der Waals surface area contributed by atoms with Crippen molar-refractivity contribution in [1.82, 2.24) is 15.6 Å². The van der Waals surface area contributed by atoms with E-state index in [9.17, 15) is 19.5 Å². The molecule has 1 heterocycles. The number of aliphatic carboxylic acids is 1. The number of hydrogen-bond acceptors (Lipinski definition) is 5. The Morgan fingerprint density at radius 1 is 0.971 bits per heavy atom. The molecule has 8 nitrogen and oxygen atoms in total. The minimum atomic E-state index is -1.14. The zero-order chi connectivity index (χ0) is 24.5. The fraction of sp³-hybridized carbons (Fsp3) is 0.320. The van der Waals surface area contributed by atoms with E-state index in [2.05, 4.69) is 15.6 Å². The van der Waals surface area contributed by atoms with Gasteiger partial charge in [0.25, 0.3) is 0 Å². The fourth-order valence-corrected chi connectivity index (χ4v) is 4.21. The lowest BCUT2D eigenvalue weighted by molar-refractivity contribution is -0.142. The molecule has 9 heteroatoms. The number of nitrogens with two attached hydrogens (primary N) is 1. The number of aromatic amines is 1. The van der Waals surface area contributed by atoms with Gasteiger partial charge in [0.1, 0.15) is 12.1 Å². The van der Waals surface area contributed by atoms with Gasteiger partial charge >= 0.3 is 5.97 Å². The number of rotatable bonds is 12. The van der Waals surface area contributed by atoms with Crippen molar-refractivity contribution in [2.45, 2.75) is 37.4 Å². The Kier molecular flexibility index (Phi) is 9.12. The van der Waals surface area contributed by atoms with Gasteiger partial charge in [0.05, 0.1) is 6.04 Å². The van der Waals surface area contributed by atoms with Gasteiger partial charge in [-0.1, -0.05) is 48.5 Å². The Balaban J connectivity index is 1.67. The third kappa shape index (κ3) is 6.85. The van der Waals surface area contributed by atoms with Crippen LogP contribution in [0.2, 0.25) is 0 Å². The molecule has 3 atom stereocenters. The average Bonchev–Trinajstić information content (AvgIpc) is 3.24. The molecular formula is C25H30N4O4S. The fourth-order valence-electron chi connectivity index (χ4n) is 3.74. The summed E-state index contributed by atoms with van der Waals surface area (Å²) in [6.45, 7) is 0. The molecule has 0 aliphatic carbocycles. The lowest BCUT2D eigenvalue weighted by Gasteiger charge is -2.23. The molecule has 0 radical (unpaired) electrons. The Bertz CT molecular complexity index is 1120. The van der Waals surface area contributed by atoms with Crippen LogP contribution in [0.4, 0.5) is 0 Å². The Morgan fingerprint density at radius 3 is 2.35 bits per heavy atom. The van der Waals surface area contributed by atoms with Crippen LogP contribution in [0, 0.1) is 0 Å². The number of fused-ring (bicyclic) bond motifs is 1. The minimum Gasteiger partial charge on any atom is -0.480 e. The maximum atomic E-state index is 13.0. The molecule has 0 bridgehead atoms. The molecule has 180 valence electrons. The summed E-state index contributed by atoms with van der Waals surface area (Å²) in [5, 5.41) is 16.0. The zero-order valence-corrected chi connectivity index (χ0v) is 19.8. The highest BCUT2D eigenvalue weighted by Gasteiger charge is 2.28. The molecule has 2 amide bonds. The van der Waals surface area contributed by atoms with Crippen molar-refractivity contribution in [3.63, 3.8) is 0 Å². The largest absolute Gasteiger partial charge is 0.480 e. The summed E-state index contributed by atoms with van der Waals surface area (Å²) in [4.78, 5) is 40.8. The summed E-state index contributed by atoms with van der Waals surface area (Å²) in [5.41, 5.74) is 8.67. The molecule has 6 N–H and O–H groups in total. The number of H-pyrrole nitrogens is 1. The van der Waals surface area contributed by atoms with Crippen LogP contribution in [0.1, 0.15) is 17.5 Å². The number of carboxylic acids is 1. The van der Waals surface area contributed by atoms with Crippen molar-refractivity contribution >= 4 is 40.4 Å². The number of carbonyl (C=O) groups excluding carboxylic acids is 2. The van der Waals surface area contributed by atoms with E-state index in [1.165, 1.54) is 11.8 Å². The van der Waals surface area contributed by atoms with E-state index in [1.54, 1.807) is 6.20 Å². The van der Waals surface area contributed by atoms with Gasteiger partial charge in [0.15, 0.2) is 0 Å². The molecule has 0 fully saturated rings. The number of carbonyl (C=O) groups is 3. The van der Waals surface area contributed by atoms with Gasteiger partial charge in [-0.3, -0.25) is 9.59 Å². The van der Waals surface area contributed by atoms with E-state index >= 15 is 0 Å². The molecular weight excluding hydrogens is 452 g/mol. The third-order valence-electron chi connectivity index (χ3n) is 5.59. The highest BCUT2D eigenvalue weighted by Crippen LogP contribution is 2.19. The van der Waals surface area contributed by atoms with Gasteiger partial charge in [-0.05, 0) is 42.0 Å². The van der Waals surface area contributed by atoms with Crippen LogP contribution in [-0.4, -0.2) is 58.0 Å². The summed E-state index contributed by atoms with van der Waals surface area (Å²) in [6.07, 6.45) is 4.46. The molecule has 0 saturated heterocycles. The second kappa shape index (κ2) is 12.2. The molecule has 0 aliphatic rings. The Labute approximate surface area is 202 Å². The maximum Gasteiger partial charge on any atom is 0.326 e. The third-order valence-corrected chi connectivity index (χ3v) is 6.24. The van der Waals surface area contributed by atoms with Crippen LogP contribution >= 0.6 is 11.8 Å². The molecule has 0 aliphatic heterocycles. The smallest absolute Gasteiger partial charge is 0.326 e. The van der Waals surface area contributed by atoms with E-state index in [1.807, 2.05) is 60.9 Å². The molecule has 3 aromatic rings. The van der Waals surface area contributed by atoms with Crippen LogP contribution in [0.15, 0.2) is 60.8 Å². The van der Waals surface area contributed by atoms with Gasteiger partial charge in [0.2, 0.25) is 11.8 Å². The standard InChI is InChI=1S/C25H30N4O4S/c1-34-12-11-21(28-23(30)19(26)13-16-7-3-2-4-8-16)24(31)29-22(25(32)33)14-17-15-27-20-10-6-5-9-18(17)20/h2-10,15,19,21-22,27H,11-14,26H2,1H3,(H,28,30)(H,29,31)(H,32,33). The quantitative estimate of drug-likeness (QED) is 0.268.